The minimum Gasteiger partial charge on any atom is -0.394 e. The number of aromatic amines is 2. The van der Waals surface area contributed by atoms with Crippen molar-refractivity contribution in [3.05, 3.63) is 65.2 Å². The molecule has 2 aromatic rings. The molecule has 1 spiro atoms. The first-order valence-corrected chi connectivity index (χ1v) is 13.2. The number of ether oxygens (including phenoxy) is 2. The number of nitrogens with one attached hydrogen (secondary N) is 2. The summed E-state index contributed by atoms with van der Waals surface area (Å²) in [6.07, 6.45) is -2.45. The van der Waals surface area contributed by atoms with Crippen molar-refractivity contribution in [3.63, 3.8) is 0 Å². The van der Waals surface area contributed by atoms with Crippen LogP contribution in [0, 0.1) is 13.8 Å². The quantitative estimate of drug-likeness (QED) is 0.310. The third-order valence-electron chi connectivity index (χ3n) is 6.87. The van der Waals surface area contributed by atoms with Gasteiger partial charge in [0.25, 0.3) is 11.1 Å². The van der Waals surface area contributed by atoms with Crippen molar-refractivity contribution in [3.8, 4) is 0 Å². The van der Waals surface area contributed by atoms with Crippen LogP contribution >= 0.6 is 7.82 Å². The van der Waals surface area contributed by atoms with Gasteiger partial charge in [0.15, 0.2) is 0 Å². The van der Waals surface area contributed by atoms with Crippen molar-refractivity contribution in [2.24, 2.45) is 0 Å². The number of aromatic nitrogens is 4. The highest BCUT2D eigenvalue weighted by Crippen LogP contribution is 2.58. The van der Waals surface area contributed by atoms with E-state index in [0.717, 1.165) is 9.13 Å². The van der Waals surface area contributed by atoms with Gasteiger partial charge >= 0.3 is 19.2 Å². The van der Waals surface area contributed by atoms with Gasteiger partial charge in [0.2, 0.25) is 0 Å². The lowest BCUT2D eigenvalue weighted by Gasteiger charge is -2.38. The lowest BCUT2D eigenvalue weighted by atomic mass is 9.99. The summed E-state index contributed by atoms with van der Waals surface area (Å²) in [5.41, 5.74) is -3.45. The fourth-order valence-electron chi connectivity index (χ4n) is 4.66. The van der Waals surface area contributed by atoms with E-state index >= 15 is 0 Å². The number of H-pyrrole nitrogens is 2. The smallest absolute Gasteiger partial charge is 0.394 e. The number of hydrogen-bond donors (Lipinski definition) is 4. The first-order chi connectivity index (χ1) is 17.9. The van der Waals surface area contributed by atoms with Crippen molar-refractivity contribution in [1.29, 1.82) is 0 Å². The Balaban J connectivity index is 1.27. The molecule has 208 valence electrons. The zero-order valence-corrected chi connectivity index (χ0v) is 21.3. The number of aryl methyl sites for hydroxylation is 2. The molecule has 17 heteroatoms. The van der Waals surface area contributed by atoms with Crippen LogP contribution < -0.4 is 22.5 Å². The molecule has 3 aliphatic rings. The van der Waals surface area contributed by atoms with Gasteiger partial charge < -0.3 is 19.7 Å². The summed E-state index contributed by atoms with van der Waals surface area (Å²) in [6, 6.07) is 0. The molecule has 0 aromatic carbocycles. The highest BCUT2D eigenvalue weighted by Gasteiger charge is 2.56. The predicted octanol–water partition coefficient (Wildman–Crippen LogP) is -1.46. The van der Waals surface area contributed by atoms with Crippen LogP contribution in [0.5, 0.6) is 0 Å². The lowest BCUT2D eigenvalue weighted by molar-refractivity contribution is -0.169. The number of aliphatic hydroxyl groups is 2. The van der Waals surface area contributed by atoms with Gasteiger partial charge in [-0.3, -0.25) is 42.3 Å². The summed E-state index contributed by atoms with van der Waals surface area (Å²) in [5.74, 6) is 0. The Morgan fingerprint density at radius 3 is 2.11 bits per heavy atom. The van der Waals surface area contributed by atoms with Crippen LogP contribution in [0.25, 0.3) is 0 Å². The molecule has 0 saturated carbocycles. The second-order valence-corrected chi connectivity index (χ2v) is 11.2. The van der Waals surface area contributed by atoms with Crippen LogP contribution in [-0.2, 0) is 27.6 Å². The SMILES string of the molecule is Cc1cn([C@@H]2C[C@@H](O)C3(COP(=O)(O[C@H]4C[C@H](n5cc(C)c(=O)[nH]c5=O)O[C@@H]4CO)OC3)O2)c(=O)[nH]c1=O. The molecule has 0 amide bonds. The largest absolute Gasteiger partial charge is 0.475 e. The van der Waals surface area contributed by atoms with E-state index in [-0.39, 0.29) is 24.0 Å². The van der Waals surface area contributed by atoms with Gasteiger partial charge in [0, 0.05) is 36.4 Å². The number of hydrogen-bond acceptors (Lipinski definition) is 12. The molecule has 0 bridgehead atoms. The average molecular weight is 558 g/mol. The molecule has 5 atom stereocenters. The van der Waals surface area contributed by atoms with E-state index < -0.39 is 86.5 Å². The Labute approximate surface area is 213 Å². The molecule has 0 unspecified atom stereocenters. The second kappa shape index (κ2) is 9.81. The average Bonchev–Trinajstić information content (AvgIpc) is 3.41. The summed E-state index contributed by atoms with van der Waals surface area (Å²) < 4.78 is 43.5. The van der Waals surface area contributed by atoms with Crippen LogP contribution in [-0.4, -0.2) is 73.0 Å². The Morgan fingerprint density at radius 1 is 1.00 bits per heavy atom. The summed E-state index contributed by atoms with van der Waals surface area (Å²) in [7, 11) is -4.22. The van der Waals surface area contributed by atoms with E-state index in [1.165, 1.54) is 26.2 Å². The van der Waals surface area contributed by atoms with E-state index in [9.17, 15) is 34.0 Å². The summed E-state index contributed by atoms with van der Waals surface area (Å²) in [4.78, 5) is 52.2. The normalized spacial score (nSPS) is 35.2. The maximum Gasteiger partial charge on any atom is 0.475 e. The molecule has 5 heterocycles. The molecule has 4 N–H and O–H groups in total. The van der Waals surface area contributed by atoms with E-state index in [1.54, 1.807) is 0 Å². The van der Waals surface area contributed by atoms with Gasteiger partial charge in [-0.2, -0.15) is 0 Å². The summed E-state index contributed by atoms with van der Waals surface area (Å²) in [6.45, 7) is 1.69. The molecule has 16 nitrogen and oxygen atoms in total. The second-order valence-electron chi connectivity index (χ2n) is 9.53. The standard InChI is InChI=1S/C21H27N4O12P/c1-10-5-24(19(30)22-17(10)28)15-3-12(13(7-26)35-15)37-38(32)33-8-21(9-34-38)14(27)4-16(36-21)25-6-11(2)18(29)23-20(25)31/h5-6,12-16,26-27H,3-4,7-9H2,1-2H3,(H,22,28,30)(H,23,29,31)/t12-,13+,14+,15+,16-,21?,38?/m0/s1. The highest BCUT2D eigenvalue weighted by molar-refractivity contribution is 7.48. The van der Waals surface area contributed by atoms with Crippen molar-refractivity contribution in [2.75, 3.05) is 19.8 Å². The minimum absolute atomic E-state index is 0.0197. The van der Waals surface area contributed by atoms with E-state index in [2.05, 4.69) is 9.97 Å². The van der Waals surface area contributed by atoms with Gasteiger partial charge in [-0.25, -0.2) is 14.2 Å². The topological polar surface area (TPSA) is 213 Å². The summed E-state index contributed by atoms with van der Waals surface area (Å²) >= 11 is 0. The fraction of sp³-hybridized carbons (Fsp3) is 0.619. The zero-order chi connectivity index (χ0) is 27.4. The van der Waals surface area contributed by atoms with Crippen LogP contribution in [0.2, 0.25) is 0 Å². The van der Waals surface area contributed by atoms with Gasteiger partial charge in [-0.1, -0.05) is 0 Å². The molecule has 0 aliphatic carbocycles. The van der Waals surface area contributed by atoms with Crippen LogP contribution in [0.1, 0.15) is 36.4 Å². The fourth-order valence-corrected chi connectivity index (χ4v) is 6.17. The van der Waals surface area contributed by atoms with Gasteiger partial charge in [0.1, 0.15) is 30.3 Å². The number of phosphoric acid groups is 1. The van der Waals surface area contributed by atoms with E-state index in [0.29, 0.717) is 0 Å². The Kier molecular flexibility index (Phi) is 6.94. The number of rotatable bonds is 5. The predicted molar refractivity (Wildman–Crippen MR) is 126 cm³/mol. The molecule has 3 fully saturated rings. The van der Waals surface area contributed by atoms with Crippen LogP contribution in [0.3, 0.4) is 0 Å². The molecule has 0 radical (unpaired) electrons. The highest BCUT2D eigenvalue weighted by atomic mass is 31.2. The van der Waals surface area contributed by atoms with E-state index in [4.69, 9.17) is 23.0 Å². The Bertz CT molecular complexity index is 1500. The first-order valence-electron chi connectivity index (χ1n) is 11.8. The van der Waals surface area contributed by atoms with Gasteiger partial charge in [-0.05, 0) is 13.8 Å². The molecule has 3 saturated heterocycles. The molecular formula is C21H27N4O12P. The van der Waals surface area contributed by atoms with Crippen molar-refractivity contribution >= 4 is 7.82 Å². The van der Waals surface area contributed by atoms with Crippen molar-refractivity contribution in [1.82, 2.24) is 19.1 Å². The molecular weight excluding hydrogens is 531 g/mol. The Morgan fingerprint density at radius 2 is 1.55 bits per heavy atom. The molecule has 2 aromatic heterocycles. The molecule has 3 aliphatic heterocycles. The van der Waals surface area contributed by atoms with Crippen molar-refractivity contribution < 1.29 is 37.8 Å². The molecule has 5 rings (SSSR count). The van der Waals surface area contributed by atoms with Gasteiger partial charge in [-0.15, -0.1) is 0 Å². The number of nitrogens with zero attached hydrogens (tertiary/aromatic N) is 2. The maximum absolute atomic E-state index is 13.2. The maximum atomic E-state index is 13.2. The monoisotopic (exact) mass is 558 g/mol. The number of aliphatic hydroxyl groups excluding tert-OH is 2. The van der Waals surface area contributed by atoms with Crippen LogP contribution in [0.4, 0.5) is 0 Å². The summed E-state index contributed by atoms with van der Waals surface area (Å²) in [5, 5.41) is 20.5. The first kappa shape index (κ1) is 26.9. The Hall–Kier alpha value is -2.69. The third-order valence-corrected chi connectivity index (χ3v) is 8.29. The minimum atomic E-state index is -4.22. The number of phosphoric ester groups is 1. The van der Waals surface area contributed by atoms with Crippen LogP contribution in [0.15, 0.2) is 31.6 Å². The van der Waals surface area contributed by atoms with Crippen molar-refractivity contribution in [2.45, 2.75) is 63.1 Å². The molecule has 38 heavy (non-hydrogen) atoms. The zero-order valence-electron chi connectivity index (χ0n) is 20.4. The third kappa shape index (κ3) is 4.78. The lowest BCUT2D eigenvalue weighted by Crippen LogP contribution is -2.50. The van der Waals surface area contributed by atoms with E-state index in [1.807, 2.05) is 0 Å². The van der Waals surface area contributed by atoms with Gasteiger partial charge in [0.05, 0.1) is 25.9 Å².